The van der Waals surface area contributed by atoms with Crippen LogP contribution in [0.5, 0.6) is 0 Å². The van der Waals surface area contributed by atoms with Gasteiger partial charge in [0.25, 0.3) is 11.5 Å². The number of anilines is 2. The normalized spacial score (nSPS) is 10.9. The van der Waals surface area contributed by atoms with E-state index in [0.717, 1.165) is 5.56 Å². The first kappa shape index (κ1) is 24.0. The van der Waals surface area contributed by atoms with Gasteiger partial charge in [0.05, 0.1) is 17.9 Å². The van der Waals surface area contributed by atoms with Gasteiger partial charge in [-0.25, -0.2) is 9.48 Å². The molecular weight excluding hydrogens is 468 g/mol. The Morgan fingerprint density at radius 1 is 1.09 bits per heavy atom. The number of aryl methyl sites for hydroxylation is 1. The minimum Gasteiger partial charge on any atom is -0.383 e. The Morgan fingerprint density at radius 3 is 2.34 bits per heavy atom. The molecule has 0 bridgehead atoms. The minimum absolute atomic E-state index is 0.102. The van der Waals surface area contributed by atoms with Gasteiger partial charge in [-0.1, -0.05) is 67.1 Å². The number of nitrogens with one attached hydrogen (secondary N) is 1. The fraction of sp³-hybridized carbons (Fsp3) is 0.200. The molecule has 4 rings (SSSR count). The Hall–Kier alpha value is -4.11. The SMILES string of the molecule is CCCN(C(=O)c1c(C)nn(-c2ccccc2)c1Cl)c1c(N)n(Cc2ccccc2)c(=O)[nH]c1=O. The summed E-state index contributed by atoms with van der Waals surface area (Å²) in [5.41, 5.74) is 6.90. The third kappa shape index (κ3) is 4.63. The largest absolute Gasteiger partial charge is 0.383 e. The predicted octanol–water partition coefficient (Wildman–Crippen LogP) is 3.37. The van der Waals surface area contributed by atoms with Gasteiger partial charge in [-0.2, -0.15) is 5.10 Å². The fourth-order valence-electron chi connectivity index (χ4n) is 3.92. The van der Waals surface area contributed by atoms with Gasteiger partial charge in [0, 0.05) is 6.54 Å². The summed E-state index contributed by atoms with van der Waals surface area (Å²) in [7, 11) is 0. The summed E-state index contributed by atoms with van der Waals surface area (Å²) < 4.78 is 2.71. The molecule has 0 atom stereocenters. The lowest BCUT2D eigenvalue weighted by atomic mass is 10.2. The topological polar surface area (TPSA) is 119 Å². The zero-order chi connectivity index (χ0) is 25.1. The van der Waals surface area contributed by atoms with Gasteiger partial charge < -0.3 is 10.6 Å². The first-order valence-corrected chi connectivity index (χ1v) is 11.5. The molecule has 2 aromatic carbocycles. The molecule has 10 heteroatoms. The third-order valence-electron chi connectivity index (χ3n) is 5.58. The van der Waals surface area contributed by atoms with Crippen molar-refractivity contribution in [1.82, 2.24) is 19.3 Å². The highest BCUT2D eigenvalue weighted by molar-refractivity contribution is 6.34. The van der Waals surface area contributed by atoms with Crippen molar-refractivity contribution in [1.29, 1.82) is 0 Å². The van der Waals surface area contributed by atoms with Crippen molar-refractivity contribution in [2.24, 2.45) is 0 Å². The van der Waals surface area contributed by atoms with E-state index in [9.17, 15) is 14.4 Å². The number of carbonyl (C=O) groups is 1. The molecule has 0 radical (unpaired) electrons. The molecule has 180 valence electrons. The van der Waals surface area contributed by atoms with Crippen LogP contribution in [0, 0.1) is 6.92 Å². The molecule has 0 spiro atoms. The number of hydrogen-bond donors (Lipinski definition) is 2. The van der Waals surface area contributed by atoms with Gasteiger partial charge in [-0.05, 0) is 31.0 Å². The van der Waals surface area contributed by atoms with E-state index in [-0.39, 0.29) is 35.3 Å². The van der Waals surface area contributed by atoms with Crippen LogP contribution in [0.15, 0.2) is 70.3 Å². The molecule has 4 aromatic rings. The van der Waals surface area contributed by atoms with E-state index in [0.29, 0.717) is 17.8 Å². The van der Waals surface area contributed by atoms with E-state index in [1.165, 1.54) is 14.1 Å². The average Bonchev–Trinajstić information content (AvgIpc) is 3.15. The van der Waals surface area contributed by atoms with Crippen molar-refractivity contribution in [3.8, 4) is 5.69 Å². The number of nitrogens with two attached hydrogens (primary N) is 1. The average molecular weight is 493 g/mol. The second kappa shape index (κ2) is 10.0. The molecule has 1 amide bonds. The molecule has 0 unspecified atom stereocenters. The molecule has 0 saturated carbocycles. The van der Waals surface area contributed by atoms with Crippen LogP contribution in [0.4, 0.5) is 11.5 Å². The van der Waals surface area contributed by atoms with Crippen LogP contribution in [0.1, 0.15) is 35.0 Å². The second-order valence-corrected chi connectivity index (χ2v) is 8.38. The Balaban J connectivity index is 1.82. The standard InChI is InChI=1S/C25H25ClN6O3/c1-3-14-30(24(34)19-16(2)29-32(21(19)26)18-12-8-5-9-13-18)20-22(27)31(25(35)28-23(20)33)15-17-10-6-4-7-11-17/h4-13H,3,14-15,27H2,1-2H3,(H,28,33,35). The van der Waals surface area contributed by atoms with Gasteiger partial charge in [-0.15, -0.1) is 0 Å². The highest BCUT2D eigenvalue weighted by atomic mass is 35.5. The number of H-pyrrole nitrogens is 1. The molecular formula is C25H25ClN6O3. The van der Waals surface area contributed by atoms with Crippen molar-refractivity contribution >= 4 is 29.0 Å². The van der Waals surface area contributed by atoms with Crippen LogP contribution in [-0.2, 0) is 6.54 Å². The smallest absolute Gasteiger partial charge is 0.330 e. The molecule has 2 aromatic heterocycles. The fourth-order valence-corrected chi connectivity index (χ4v) is 4.27. The van der Waals surface area contributed by atoms with E-state index in [1.54, 1.807) is 6.92 Å². The number of aromatic nitrogens is 4. The molecule has 3 N–H and O–H groups in total. The number of nitrogens with zero attached hydrogens (tertiary/aromatic N) is 4. The molecule has 0 saturated heterocycles. The number of para-hydroxylation sites is 1. The van der Waals surface area contributed by atoms with Crippen molar-refractivity contribution in [3.05, 3.63) is 103 Å². The maximum absolute atomic E-state index is 13.8. The lowest BCUT2D eigenvalue weighted by Crippen LogP contribution is -2.41. The van der Waals surface area contributed by atoms with Crippen LogP contribution in [0.25, 0.3) is 5.69 Å². The summed E-state index contributed by atoms with van der Waals surface area (Å²) in [6.07, 6.45) is 0.534. The lowest BCUT2D eigenvalue weighted by Gasteiger charge is -2.24. The van der Waals surface area contributed by atoms with Crippen LogP contribution in [-0.4, -0.2) is 31.8 Å². The monoisotopic (exact) mass is 492 g/mol. The minimum atomic E-state index is -0.747. The third-order valence-corrected chi connectivity index (χ3v) is 5.93. The zero-order valence-electron chi connectivity index (χ0n) is 19.4. The molecule has 0 aliphatic rings. The quantitative estimate of drug-likeness (QED) is 0.410. The van der Waals surface area contributed by atoms with E-state index >= 15 is 0 Å². The number of hydrogen-bond acceptors (Lipinski definition) is 5. The molecule has 0 aliphatic carbocycles. The lowest BCUT2D eigenvalue weighted by molar-refractivity contribution is 0.0986. The van der Waals surface area contributed by atoms with Crippen LogP contribution < -0.4 is 21.9 Å². The van der Waals surface area contributed by atoms with Gasteiger partial charge in [0.2, 0.25) is 0 Å². The summed E-state index contributed by atoms with van der Waals surface area (Å²) in [5, 5.41) is 4.55. The zero-order valence-corrected chi connectivity index (χ0v) is 20.1. The van der Waals surface area contributed by atoms with Gasteiger partial charge >= 0.3 is 5.69 Å². The van der Waals surface area contributed by atoms with Gasteiger partial charge in [0.15, 0.2) is 5.69 Å². The van der Waals surface area contributed by atoms with Crippen molar-refractivity contribution < 1.29 is 4.79 Å². The summed E-state index contributed by atoms with van der Waals surface area (Å²) >= 11 is 6.61. The number of benzene rings is 2. The van der Waals surface area contributed by atoms with E-state index < -0.39 is 17.2 Å². The van der Waals surface area contributed by atoms with Crippen LogP contribution in [0.3, 0.4) is 0 Å². The molecule has 9 nitrogen and oxygen atoms in total. The molecule has 0 aliphatic heterocycles. The Labute approximate surface area is 206 Å². The van der Waals surface area contributed by atoms with Crippen LogP contribution >= 0.6 is 11.6 Å². The van der Waals surface area contributed by atoms with Crippen molar-refractivity contribution in [2.75, 3.05) is 17.2 Å². The summed E-state index contributed by atoms with van der Waals surface area (Å²) in [4.78, 5) is 42.8. The number of nitrogen functional groups attached to an aromatic ring is 1. The number of rotatable bonds is 7. The number of carbonyl (C=O) groups excluding carboxylic acids is 1. The van der Waals surface area contributed by atoms with Crippen molar-refractivity contribution in [3.63, 3.8) is 0 Å². The number of amides is 1. The van der Waals surface area contributed by atoms with Crippen molar-refractivity contribution in [2.45, 2.75) is 26.8 Å². The Bertz CT molecular complexity index is 1480. The first-order chi connectivity index (χ1) is 16.8. The van der Waals surface area contributed by atoms with E-state index in [1.807, 2.05) is 67.6 Å². The maximum atomic E-state index is 13.8. The first-order valence-electron chi connectivity index (χ1n) is 11.1. The highest BCUT2D eigenvalue weighted by Crippen LogP contribution is 2.28. The van der Waals surface area contributed by atoms with E-state index in [4.69, 9.17) is 17.3 Å². The summed E-state index contributed by atoms with van der Waals surface area (Å²) in [6, 6.07) is 18.4. The number of halogens is 1. The molecule has 0 fully saturated rings. The maximum Gasteiger partial charge on any atom is 0.330 e. The van der Waals surface area contributed by atoms with E-state index in [2.05, 4.69) is 10.1 Å². The summed E-state index contributed by atoms with van der Waals surface area (Å²) in [5.74, 6) is -0.632. The Kier molecular flexibility index (Phi) is 6.88. The second-order valence-electron chi connectivity index (χ2n) is 8.02. The number of aromatic amines is 1. The van der Waals surface area contributed by atoms with Gasteiger partial charge in [-0.3, -0.25) is 19.1 Å². The highest BCUT2D eigenvalue weighted by Gasteiger charge is 2.30. The molecule has 2 heterocycles. The predicted molar refractivity (Wildman–Crippen MR) is 137 cm³/mol. The Morgan fingerprint density at radius 2 is 1.71 bits per heavy atom. The summed E-state index contributed by atoms with van der Waals surface area (Å²) in [6.45, 7) is 3.86. The van der Waals surface area contributed by atoms with Crippen LogP contribution in [0.2, 0.25) is 5.15 Å². The molecule has 35 heavy (non-hydrogen) atoms. The van der Waals surface area contributed by atoms with Gasteiger partial charge in [0.1, 0.15) is 16.5 Å².